The number of hydrogen-bond acceptors (Lipinski definition) is 4. The van der Waals surface area contributed by atoms with Crippen molar-refractivity contribution in [2.45, 2.75) is 42.8 Å². The first-order valence-electron chi connectivity index (χ1n) is 9.71. The molecule has 0 saturated heterocycles. The van der Waals surface area contributed by atoms with Crippen LogP contribution in [0.3, 0.4) is 0 Å². The minimum absolute atomic E-state index is 0.0140. The van der Waals surface area contributed by atoms with Gasteiger partial charge in [0.25, 0.3) is 5.91 Å². The molecule has 1 amide bonds. The van der Waals surface area contributed by atoms with Crippen molar-refractivity contribution in [3.8, 4) is 0 Å². The Labute approximate surface area is 169 Å². The van der Waals surface area contributed by atoms with Gasteiger partial charge in [-0.15, -0.1) is 11.8 Å². The summed E-state index contributed by atoms with van der Waals surface area (Å²) in [7, 11) is 0. The number of thioether (sulfide) groups is 1. The van der Waals surface area contributed by atoms with Gasteiger partial charge in [-0.1, -0.05) is 41.6 Å². The number of hydrogen-bond donors (Lipinski definition) is 1. The molecule has 0 spiro atoms. The van der Waals surface area contributed by atoms with E-state index in [9.17, 15) is 4.79 Å². The molecular weight excluding hydrogens is 368 g/mol. The lowest BCUT2D eigenvalue weighted by Gasteiger charge is -2.25. The second-order valence-electron chi connectivity index (χ2n) is 7.22. The number of amides is 1. The molecule has 1 unspecified atom stereocenters. The molecule has 4 rings (SSSR count). The number of rotatable bonds is 6. The molecule has 144 valence electrons. The summed E-state index contributed by atoms with van der Waals surface area (Å²) in [4.78, 5) is 13.8. The molecule has 1 atom stereocenters. The summed E-state index contributed by atoms with van der Waals surface area (Å²) in [5, 5.41) is 7.08. The van der Waals surface area contributed by atoms with Gasteiger partial charge in [0.15, 0.2) is 0 Å². The minimum Gasteiger partial charge on any atom is -0.360 e. The van der Waals surface area contributed by atoms with E-state index in [1.54, 1.807) is 11.8 Å². The fourth-order valence-electron chi connectivity index (χ4n) is 3.79. The van der Waals surface area contributed by atoms with Crippen LogP contribution in [0, 0.1) is 6.92 Å². The number of aromatic nitrogens is 1. The molecule has 1 aliphatic carbocycles. The van der Waals surface area contributed by atoms with Gasteiger partial charge in [-0.05, 0) is 49.4 Å². The molecule has 1 aromatic heterocycles. The lowest BCUT2D eigenvalue weighted by Crippen LogP contribution is -2.30. The van der Waals surface area contributed by atoms with Gasteiger partial charge >= 0.3 is 0 Å². The van der Waals surface area contributed by atoms with Gasteiger partial charge in [0.1, 0.15) is 5.76 Å². The van der Waals surface area contributed by atoms with Crippen molar-refractivity contribution < 1.29 is 9.32 Å². The van der Waals surface area contributed by atoms with Crippen molar-refractivity contribution in [1.29, 1.82) is 0 Å². The molecule has 0 aliphatic heterocycles. The second kappa shape index (κ2) is 8.65. The summed E-state index contributed by atoms with van der Waals surface area (Å²) in [5.41, 5.74) is 4.39. The highest BCUT2D eigenvalue weighted by atomic mass is 32.2. The maximum Gasteiger partial charge on any atom is 0.252 e. The molecule has 5 heteroatoms. The molecule has 0 bridgehead atoms. The molecule has 0 radical (unpaired) electrons. The largest absolute Gasteiger partial charge is 0.360 e. The van der Waals surface area contributed by atoms with Crippen molar-refractivity contribution in [1.82, 2.24) is 10.5 Å². The summed E-state index contributed by atoms with van der Waals surface area (Å²) < 4.78 is 5.28. The Kier molecular flexibility index (Phi) is 5.81. The summed E-state index contributed by atoms with van der Waals surface area (Å²) in [6, 6.07) is 18.3. The highest BCUT2D eigenvalue weighted by molar-refractivity contribution is 7.98. The number of aryl methyl sites for hydroxylation is 2. The van der Waals surface area contributed by atoms with Gasteiger partial charge in [0, 0.05) is 23.4 Å². The SMILES string of the molecule is Cc1cc(CSc2ccccc2C(=O)NCC2CCCc3ccccc32)on1. The molecule has 1 aliphatic rings. The number of carbonyl (C=O) groups is 1. The standard InChI is InChI=1S/C23H24N2O2S/c1-16-13-19(27-25-16)15-28-22-12-5-4-11-21(22)23(26)24-14-18-9-6-8-17-7-2-3-10-20(17)18/h2-5,7,10-13,18H,6,8-9,14-15H2,1H3,(H,24,26). The smallest absolute Gasteiger partial charge is 0.252 e. The number of fused-ring (bicyclic) bond motifs is 1. The van der Waals surface area contributed by atoms with E-state index >= 15 is 0 Å². The third kappa shape index (κ3) is 4.30. The van der Waals surface area contributed by atoms with E-state index in [1.807, 2.05) is 37.3 Å². The quantitative estimate of drug-likeness (QED) is 0.591. The maximum atomic E-state index is 12.9. The van der Waals surface area contributed by atoms with Crippen LogP contribution in [0.5, 0.6) is 0 Å². The van der Waals surface area contributed by atoms with E-state index in [-0.39, 0.29) is 5.91 Å². The molecule has 4 nitrogen and oxygen atoms in total. The highest BCUT2D eigenvalue weighted by Crippen LogP contribution is 2.31. The van der Waals surface area contributed by atoms with Gasteiger partial charge in [0.05, 0.1) is 17.0 Å². The Morgan fingerprint density at radius 2 is 2.04 bits per heavy atom. The van der Waals surface area contributed by atoms with Gasteiger partial charge in [-0.25, -0.2) is 0 Å². The third-order valence-electron chi connectivity index (χ3n) is 5.18. The molecule has 1 N–H and O–H groups in total. The van der Waals surface area contributed by atoms with Gasteiger partial charge in [-0.3, -0.25) is 4.79 Å². The highest BCUT2D eigenvalue weighted by Gasteiger charge is 2.21. The first kappa shape index (κ1) is 18.8. The van der Waals surface area contributed by atoms with Crippen LogP contribution in [0.1, 0.15) is 51.7 Å². The fourth-order valence-corrected chi connectivity index (χ4v) is 4.72. The van der Waals surface area contributed by atoms with Gasteiger partial charge in [0.2, 0.25) is 0 Å². The first-order valence-corrected chi connectivity index (χ1v) is 10.7. The zero-order valence-corrected chi connectivity index (χ0v) is 16.8. The minimum atomic E-state index is -0.0140. The van der Waals surface area contributed by atoms with Crippen molar-refractivity contribution >= 4 is 17.7 Å². The van der Waals surface area contributed by atoms with Crippen LogP contribution < -0.4 is 5.32 Å². The topological polar surface area (TPSA) is 55.1 Å². The van der Waals surface area contributed by atoms with Gasteiger partial charge < -0.3 is 9.84 Å². The predicted molar refractivity (Wildman–Crippen MR) is 112 cm³/mol. The molecule has 28 heavy (non-hydrogen) atoms. The molecule has 3 aromatic rings. The van der Waals surface area contributed by atoms with Gasteiger partial charge in [-0.2, -0.15) is 0 Å². The third-order valence-corrected chi connectivity index (χ3v) is 6.28. The van der Waals surface area contributed by atoms with Crippen LogP contribution >= 0.6 is 11.8 Å². The number of carbonyl (C=O) groups excluding carboxylic acids is 1. The van der Waals surface area contributed by atoms with Crippen LogP contribution in [-0.4, -0.2) is 17.6 Å². The number of benzene rings is 2. The van der Waals surface area contributed by atoms with Crippen LogP contribution in [0.4, 0.5) is 0 Å². The molecule has 1 heterocycles. The van der Waals surface area contributed by atoms with E-state index < -0.39 is 0 Å². The maximum absolute atomic E-state index is 12.9. The Morgan fingerprint density at radius 1 is 1.21 bits per heavy atom. The predicted octanol–water partition coefficient (Wildman–Crippen LogP) is 5.13. The lowest BCUT2D eigenvalue weighted by molar-refractivity contribution is 0.0947. The summed E-state index contributed by atoms with van der Waals surface area (Å²) in [5.74, 6) is 1.85. The fraction of sp³-hybridized carbons (Fsp3) is 0.304. The zero-order valence-electron chi connectivity index (χ0n) is 16.0. The van der Waals surface area contributed by atoms with E-state index in [0.29, 0.717) is 23.8 Å². The average molecular weight is 393 g/mol. The van der Waals surface area contributed by atoms with Crippen LogP contribution in [0.25, 0.3) is 0 Å². The number of nitrogens with zero attached hydrogens (tertiary/aromatic N) is 1. The monoisotopic (exact) mass is 392 g/mol. The van der Waals surface area contributed by atoms with Crippen molar-refractivity contribution in [2.24, 2.45) is 0 Å². The average Bonchev–Trinajstić information content (AvgIpc) is 3.16. The summed E-state index contributed by atoms with van der Waals surface area (Å²) >= 11 is 1.60. The van der Waals surface area contributed by atoms with Crippen molar-refractivity contribution in [3.05, 3.63) is 82.7 Å². The molecule has 2 aromatic carbocycles. The van der Waals surface area contributed by atoms with Crippen LogP contribution in [0.2, 0.25) is 0 Å². The normalized spacial score (nSPS) is 15.8. The Hall–Kier alpha value is -2.53. The van der Waals surface area contributed by atoms with Crippen LogP contribution in [-0.2, 0) is 12.2 Å². The zero-order chi connectivity index (χ0) is 19.3. The first-order chi connectivity index (χ1) is 13.7. The second-order valence-corrected chi connectivity index (χ2v) is 8.23. The van der Waals surface area contributed by atoms with E-state index in [4.69, 9.17) is 4.52 Å². The van der Waals surface area contributed by atoms with Crippen LogP contribution in [0.15, 0.2) is 64.0 Å². The molecular formula is C23H24N2O2S. The molecule has 0 fully saturated rings. The Morgan fingerprint density at radius 3 is 2.89 bits per heavy atom. The van der Waals surface area contributed by atoms with E-state index in [0.717, 1.165) is 29.2 Å². The Balaban J connectivity index is 1.41. The summed E-state index contributed by atoms with van der Waals surface area (Å²) in [6.07, 6.45) is 3.44. The number of nitrogens with one attached hydrogen (secondary N) is 1. The molecule has 0 saturated carbocycles. The van der Waals surface area contributed by atoms with Crippen molar-refractivity contribution in [3.63, 3.8) is 0 Å². The van der Waals surface area contributed by atoms with E-state index in [1.165, 1.54) is 17.5 Å². The Bertz CT molecular complexity index is 966. The summed E-state index contributed by atoms with van der Waals surface area (Å²) in [6.45, 7) is 2.58. The van der Waals surface area contributed by atoms with E-state index in [2.05, 4.69) is 34.7 Å². The van der Waals surface area contributed by atoms with Crippen molar-refractivity contribution in [2.75, 3.05) is 6.54 Å². The lowest BCUT2D eigenvalue weighted by atomic mass is 9.83.